The van der Waals surface area contributed by atoms with E-state index >= 15 is 0 Å². The predicted octanol–water partition coefficient (Wildman–Crippen LogP) is 3.32. The maximum atomic E-state index is 12.6. The van der Waals surface area contributed by atoms with Gasteiger partial charge in [0.05, 0.1) is 12.5 Å². The summed E-state index contributed by atoms with van der Waals surface area (Å²) < 4.78 is 5.48. The Bertz CT molecular complexity index is 782. The molecule has 27 heavy (non-hydrogen) atoms. The molecule has 6 nitrogen and oxygen atoms in total. The second kappa shape index (κ2) is 8.21. The van der Waals surface area contributed by atoms with Crippen molar-refractivity contribution in [2.24, 2.45) is 5.92 Å². The van der Waals surface area contributed by atoms with Crippen molar-refractivity contribution in [3.05, 3.63) is 35.7 Å². The molecule has 1 saturated carbocycles. The smallest absolute Gasteiger partial charge is 0.241 e. The fraction of sp³-hybridized carbons (Fsp3) is 0.571. The summed E-state index contributed by atoms with van der Waals surface area (Å²) >= 11 is 0. The van der Waals surface area contributed by atoms with Crippen molar-refractivity contribution in [2.45, 2.75) is 58.0 Å². The van der Waals surface area contributed by atoms with Crippen LogP contribution in [0.1, 0.15) is 50.0 Å². The lowest BCUT2D eigenvalue weighted by Gasteiger charge is -2.31. The van der Waals surface area contributed by atoms with Crippen molar-refractivity contribution >= 4 is 5.91 Å². The Balaban J connectivity index is 1.35. The van der Waals surface area contributed by atoms with E-state index in [1.807, 2.05) is 31.2 Å². The van der Waals surface area contributed by atoms with Crippen LogP contribution in [0.5, 0.6) is 0 Å². The van der Waals surface area contributed by atoms with Gasteiger partial charge in [0.25, 0.3) is 0 Å². The van der Waals surface area contributed by atoms with Crippen LogP contribution in [0.3, 0.4) is 0 Å². The number of hydrogen-bond acceptors (Lipinski definition) is 5. The Hall–Kier alpha value is -2.21. The zero-order valence-corrected chi connectivity index (χ0v) is 16.0. The number of aryl methyl sites for hydroxylation is 1. The van der Waals surface area contributed by atoms with Crippen LogP contribution in [-0.4, -0.2) is 40.1 Å². The molecular weight excluding hydrogens is 340 g/mol. The fourth-order valence-electron chi connectivity index (χ4n) is 4.25. The number of piperidine rings is 1. The van der Waals surface area contributed by atoms with Gasteiger partial charge in [0, 0.05) is 18.2 Å². The number of amides is 1. The van der Waals surface area contributed by atoms with Crippen molar-refractivity contribution < 1.29 is 9.32 Å². The summed E-state index contributed by atoms with van der Waals surface area (Å²) in [7, 11) is 0. The van der Waals surface area contributed by atoms with Crippen molar-refractivity contribution in [3.8, 4) is 11.4 Å². The molecule has 1 unspecified atom stereocenters. The lowest BCUT2D eigenvalue weighted by atomic mass is 9.96. The normalized spacial score (nSPS) is 21.4. The van der Waals surface area contributed by atoms with E-state index in [1.165, 1.54) is 12.8 Å². The van der Waals surface area contributed by atoms with Gasteiger partial charge < -0.3 is 9.84 Å². The molecule has 0 radical (unpaired) electrons. The van der Waals surface area contributed by atoms with Gasteiger partial charge in [-0.25, -0.2) is 0 Å². The molecule has 6 heteroatoms. The number of nitrogens with one attached hydrogen (secondary N) is 1. The second-order valence-corrected chi connectivity index (χ2v) is 7.89. The van der Waals surface area contributed by atoms with Crippen LogP contribution in [-0.2, 0) is 11.3 Å². The Kier molecular flexibility index (Phi) is 5.53. The fourth-order valence-corrected chi connectivity index (χ4v) is 4.25. The maximum absolute atomic E-state index is 12.6. The van der Waals surface area contributed by atoms with Gasteiger partial charge in [-0.1, -0.05) is 42.3 Å². The Morgan fingerprint density at radius 3 is 2.85 bits per heavy atom. The quantitative estimate of drug-likeness (QED) is 0.877. The van der Waals surface area contributed by atoms with Gasteiger partial charge in [0.15, 0.2) is 0 Å². The van der Waals surface area contributed by atoms with E-state index in [2.05, 4.69) is 20.4 Å². The number of likely N-dealkylation sites (tertiary alicyclic amines) is 1. The van der Waals surface area contributed by atoms with Crippen LogP contribution in [0.15, 0.2) is 28.8 Å². The third kappa shape index (κ3) is 4.38. The number of aromatic nitrogens is 2. The van der Waals surface area contributed by atoms with E-state index in [-0.39, 0.29) is 11.8 Å². The summed E-state index contributed by atoms with van der Waals surface area (Å²) in [5, 5.41) is 7.39. The minimum atomic E-state index is 0.0677. The lowest BCUT2D eigenvalue weighted by molar-refractivity contribution is -0.127. The Morgan fingerprint density at radius 2 is 2.04 bits per heavy atom. The second-order valence-electron chi connectivity index (χ2n) is 7.89. The molecule has 1 aromatic carbocycles. The van der Waals surface area contributed by atoms with E-state index in [1.54, 1.807) is 0 Å². The van der Waals surface area contributed by atoms with Gasteiger partial charge in [-0.15, -0.1) is 0 Å². The van der Waals surface area contributed by atoms with Gasteiger partial charge in [0.1, 0.15) is 0 Å². The first kappa shape index (κ1) is 18.2. The molecule has 0 spiro atoms. The Labute approximate surface area is 160 Å². The largest absolute Gasteiger partial charge is 0.353 e. The molecule has 1 atom stereocenters. The first-order valence-electron chi connectivity index (χ1n) is 10.1. The summed E-state index contributed by atoms with van der Waals surface area (Å²) in [5.41, 5.74) is 2.13. The van der Waals surface area contributed by atoms with Gasteiger partial charge in [-0.3, -0.25) is 9.69 Å². The molecule has 1 amide bonds. The zero-order chi connectivity index (χ0) is 18.6. The molecule has 1 aromatic heterocycles. The molecule has 0 bridgehead atoms. The summed E-state index contributed by atoms with van der Waals surface area (Å²) in [4.78, 5) is 19.4. The third-order valence-corrected chi connectivity index (χ3v) is 5.79. The monoisotopic (exact) mass is 368 g/mol. The molecule has 1 aliphatic heterocycles. The average Bonchev–Trinajstić information content (AvgIpc) is 3.34. The zero-order valence-electron chi connectivity index (χ0n) is 16.0. The van der Waals surface area contributed by atoms with Gasteiger partial charge in [-0.05, 0) is 44.7 Å². The predicted molar refractivity (Wildman–Crippen MR) is 103 cm³/mol. The maximum Gasteiger partial charge on any atom is 0.241 e. The first-order valence-corrected chi connectivity index (χ1v) is 10.1. The third-order valence-electron chi connectivity index (χ3n) is 5.79. The number of carbonyl (C=O) groups excluding carboxylic acids is 1. The summed E-state index contributed by atoms with van der Waals surface area (Å²) in [6.07, 6.45) is 6.73. The van der Waals surface area contributed by atoms with Gasteiger partial charge >= 0.3 is 0 Å². The molecule has 2 aliphatic rings. The van der Waals surface area contributed by atoms with Crippen molar-refractivity contribution in [1.82, 2.24) is 20.4 Å². The van der Waals surface area contributed by atoms with Crippen LogP contribution in [0.2, 0.25) is 0 Å². The van der Waals surface area contributed by atoms with E-state index in [4.69, 9.17) is 4.52 Å². The van der Waals surface area contributed by atoms with Crippen molar-refractivity contribution in [1.29, 1.82) is 0 Å². The highest BCUT2D eigenvalue weighted by Crippen LogP contribution is 2.23. The lowest BCUT2D eigenvalue weighted by Crippen LogP contribution is -2.45. The SMILES string of the molecule is Cc1ccccc1-c1noc(CN2CCCC(C(=O)NC3CCCC3)C2)n1. The van der Waals surface area contributed by atoms with Gasteiger partial charge in [-0.2, -0.15) is 4.98 Å². The number of benzene rings is 1. The van der Waals surface area contributed by atoms with Crippen molar-refractivity contribution in [2.75, 3.05) is 13.1 Å². The summed E-state index contributed by atoms with van der Waals surface area (Å²) in [6.45, 7) is 4.38. The molecule has 144 valence electrons. The van der Waals surface area contributed by atoms with Crippen LogP contribution in [0, 0.1) is 12.8 Å². The minimum absolute atomic E-state index is 0.0677. The molecule has 2 fully saturated rings. The van der Waals surface area contributed by atoms with Crippen molar-refractivity contribution in [3.63, 3.8) is 0 Å². The number of nitrogens with zero attached hydrogens (tertiary/aromatic N) is 3. The van der Waals surface area contributed by atoms with E-state index in [9.17, 15) is 4.79 Å². The summed E-state index contributed by atoms with van der Waals surface area (Å²) in [6, 6.07) is 8.43. The van der Waals surface area contributed by atoms with Gasteiger partial charge in [0.2, 0.25) is 17.6 Å². The molecule has 1 aliphatic carbocycles. The standard InChI is InChI=1S/C21H28N4O2/c1-15-7-2-5-11-18(15)20-23-19(27-24-20)14-25-12-6-8-16(13-25)21(26)22-17-9-3-4-10-17/h2,5,7,11,16-17H,3-4,6,8-10,12-14H2,1H3,(H,22,26). The topological polar surface area (TPSA) is 71.3 Å². The van der Waals surface area contributed by atoms with Crippen LogP contribution >= 0.6 is 0 Å². The number of rotatable bonds is 5. The summed E-state index contributed by atoms with van der Waals surface area (Å²) in [5.74, 6) is 1.54. The minimum Gasteiger partial charge on any atom is -0.353 e. The van der Waals surface area contributed by atoms with Crippen LogP contribution in [0.4, 0.5) is 0 Å². The number of carbonyl (C=O) groups is 1. The molecule has 2 aromatic rings. The highest BCUT2D eigenvalue weighted by molar-refractivity contribution is 5.79. The molecule has 1 saturated heterocycles. The highest BCUT2D eigenvalue weighted by Gasteiger charge is 2.28. The Morgan fingerprint density at radius 1 is 1.22 bits per heavy atom. The molecule has 2 heterocycles. The van der Waals surface area contributed by atoms with E-state index in [0.717, 1.165) is 49.9 Å². The van der Waals surface area contributed by atoms with Crippen LogP contribution < -0.4 is 5.32 Å². The highest BCUT2D eigenvalue weighted by atomic mass is 16.5. The molecule has 1 N–H and O–H groups in total. The van der Waals surface area contributed by atoms with E-state index < -0.39 is 0 Å². The van der Waals surface area contributed by atoms with Crippen LogP contribution in [0.25, 0.3) is 11.4 Å². The molecule has 4 rings (SSSR count). The average molecular weight is 368 g/mol. The molecular formula is C21H28N4O2. The first-order chi connectivity index (χ1) is 13.2. The van der Waals surface area contributed by atoms with E-state index in [0.29, 0.717) is 24.3 Å². The number of hydrogen-bond donors (Lipinski definition) is 1.